The highest BCUT2D eigenvalue weighted by Gasteiger charge is 2.34. The van der Waals surface area contributed by atoms with Gasteiger partial charge in [0.25, 0.3) is 0 Å². The van der Waals surface area contributed by atoms with Gasteiger partial charge in [0, 0.05) is 18.4 Å². The number of allylic oxidation sites excluding steroid dienone is 1. The van der Waals surface area contributed by atoms with Crippen LogP contribution in [0.1, 0.15) is 18.7 Å². The molecule has 7 nitrogen and oxygen atoms in total. The Balaban J connectivity index is 1.91. The van der Waals surface area contributed by atoms with E-state index in [0.717, 1.165) is 5.56 Å². The molecule has 2 heterocycles. The van der Waals surface area contributed by atoms with Crippen molar-refractivity contribution in [1.29, 1.82) is 0 Å². The Morgan fingerprint density at radius 1 is 1.22 bits per heavy atom. The van der Waals surface area contributed by atoms with Crippen LogP contribution in [0.25, 0.3) is 11.3 Å². The van der Waals surface area contributed by atoms with E-state index in [1.807, 2.05) is 18.2 Å². The molecular weight excluding hydrogens is 372 g/mol. The van der Waals surface area contributed by atoms with Crippen LogP contribution in [0.4, 0.5) is 4.79 Å². The Morgan fingerprint density at radius 3 is 2.74 bits per heavy atom. The van der Waals surface area contributed by atoms with E-state index in [1.54, 1.807) is 25.1 Å². The van der Waals surface area contributed by atoms with Crippen LogP contribution >= 0.6 is 11.6 Å². The lowest BCUT2D eigenvalue weighted by Gasteiger charge is -2.26. The van der Waals surface area contributed by atoms with Gasteiger partial charge in [-0.2, -0.15) is 0 Å². The summed E-state index contributed by atoms with van der Waals surface area (Å²) in [5, 5.41) is 5.82. The van der Waals surface area contributed by atoms with E-state index in [1.165, 1.54) is 7.11 Å². The number of benzene rings is 1. The smallest absolute Gasteiger partial charge is 0.338 e. The third-order valence-electron chi connectivity index (χ3n) is 4.06. The number of urea groups is 1. The van der Waals surface area contributed by atoms with Crippen LogP contribution in [0.15, 0.2) is 52.1 Å². The lowest BCUT2D eigenvalue weighted by atomic mass is 10.0. The maximum absolute atomic E-state index is 12.5. The highest BCUT2D eigenvalue weighted by atomic mass is 35.5. The average Bonchev–Trinajstić information content (AvgIpc) is 3.11. The van der Waals surface area contributed by atoms with E-state index in [9.17, 15) is 9.59 Å². The first-order valence-electron chi connectivity index (χ1n) is 8.30. The highest BCUT2D eigenvalue weighted by Crippen LogP contribution is 2.34. The van der Waals surface area contributed by atoms with E-state index in [4.69, 9.17) is 25.5 Å². The molecular formula is C19H19ClN2O5. The van der Waals surface area contributed by atoms with Crippen LogP contribution in [0.2, 0.25) is 5.02 Å². The maximum Gasteiger partial charge on any atom is 0.338 e. The summed E-state index contributed by atoms with van der Waals surface area (Å²) in [4.78, 5) is 24.4. The van der Waals surface area contributed by atoms with Gasteiger partial charge in [0.15, 0.2) is 0 Å². The van der Waals surface area contributed by atoms with Crippen molar-refractivity contribution in [3.63, 3.8) is 0 Å². The van der Waals surface area contributed by atoms with Gasteiger partial charge in [0.1, 0.15) is 24.2 Å². The van der Waals surface area contributed by atoms with Gasteiger partial charge < -0.3 is 24.5 Å². The second kappa shape index (κ2) is 8.28. The van der Waals surface area contributed by atoms with Crippen LogP contribution in [0, 0.1) is 0 Å². The average molecular weight is 391 g/mol. The number of methoxy groups -OCH3 is 1. The van der Waals surface area contributed by atoms with Crippen molar-refractivity contribution in [3.8, 4) is 11.3 Å². The van der Waals surface area contributed by atoms with Gasteiger partial charge in [0.2, 0.25) is 0 Å². The molecule has 1 aromatic heterocycles. The van der Waals surface area contributed by atoms with Crippen molar-refractivity contribution in [3.05, 3.63) is 58.5 Å². The van der Waals surface area contributed by atoms with Crippen molar-refractivity contribution in [1.82, 2.24) is 10.6 Å². The first-order chi connectivity index (χ1) is 13.0. The Morgan fingerprint density at radius 2 is 2.00 bits per heavy atom. The molecule has 1 aliphatic rings. The number of hydrogen-bond donors (Lipinski definition) is 2. The molecule has 0 saturated carbocycles. The zero-order valence-corrected chi connectivity index (χ0v) is 15.6. The summed E-state index contributed by atoms with van der Waals surface area (Å²) in [5.41, 5.74) is 1.39. The van der Waals surface area contributed by atoms with Crippen LogP contribution in [0.5, 0.6) is 0 Å². The molecule has 1 aliphatic heterocycles. The van der Waals surface area contributed by atoms with Gasteiger partial charge in [-0.15, -0.1) is 0 Å². The van der Waals surface area contributed by atoms with Crippen molar-refractivity contribution < 1.29 is 23.5 Å². The summed E-state index contributed by atoms with van der Waals surface area (Å²) >= 11 is 6.22. The van der Waals surface area contributed by atoms with Crippen LogP contribution in [-0.2, 0) is 14.3 Å². The topological polar surface area (TPSA) is 89.8 Å². The van der Waals surface area contributed by atoms with E-state index < -0.39 is 18.0 Å². The zero-order valence-electron chi connectivity index (χ0n) is 14.9. The number of carbonyl (C=O) groups is 2. The SMILES string of the molecule is COCCOC(=O)C1=C(C)NC(=O)NC1c1ccc(-c2ccccc2Cl)o1. The normalized spacial score (nSPS) is 16.7. The minimum absolute atomic E-state index is 0.107. The third-order valence-corrected chi connectivity index (χ3v) is 4.39. The highest BCUT2D eigenvalue weighted by molar-refractivity contribution is 6.33. The summed E-state index contributed by atoms with van der Waals surface area (Å²) < 4.78 is 16.0. The van der Waals surface area contributed by atoms with Crippen molar-refractivity contribution in [2.24, 2.45) is 0 Å². The molecule has 0 fully saturated rings. The lowest BCUT2D eigenvalue weighted by Crippen LogP contribution is -2.45. The maximum atomic E-state index is 12.5. The number of furan rings is 1. The Hall–Kier alpha value is -2.77. The second-order valence-electron chi connectivity index (χ2n) is 5.88. The van der Waals surface area contributed by atoms with Gasteiger partial charge in [0.05, 0.1) is 17.2 Å². The van der Waals surface area contributed by atoms with E-state index in [-0.39, 0.29) is 18.8 Å². The summed E-state index contributed by atoms with van der Waals surface area (Å²) in [6, 6.07) is 9.49. The molecule has 1 atom stereocenters. The third kappa shape index (κ3) is 4.15. The van der Waals surface area contributed by atoms with Gasteiger partial charge >= 0.3 is 12.0 Å². The molecule has 8 heteroatoms. The van der Waals surface area contributed by atoms with Gasteiger partial charge in [-0.25, -0.2) is 9.59 Å². The van der Waals surface area contributed by atoms with Crippen molar-refractivity contribution in [2.45, 2.75) is 13.0 Å². The predicted molar refractivity (Wildman–Crippen MR) is 99.1 cm³/mol. The number of amides is 2. The number of rotatable bonds is 6. The fourth-order valence-electron chi connectivity index (χ4n) is 2.79. The largest absolute Gasteiger partial charge is 0.460 e. The standard InChI is InChI=1S/C19H19ClN2O5/c1-11-16(18(23)26-10-9-25-2)17(22-19(24)21-11)15-8-7-14(27-15)12-5-3-4-6-13(12)20/h3-8,17H,9-10H2,1-2H3,(H2,21,22,24). The molecule has 3 rings (SSSR count). The minimum Gasteiger partial charge on any atom is -0.460 e. The fourth-order valence-corrected chi connectivity index (χ4v) is 3.02. The number of esters is 1. The number of ether oxygens (including phenoxy) is 2. The van der Waals surface area contributed by atoms with Gasteiger partial charge in [-0.05, 0) is 31.2 Å². The zero-order chi connectivity index (χ0) is 19.4. The number of nitrogens with one attached hydrogen (secondary N) is 2. The molecule has 1 unspecified atom stereocenters. The van der Waals surface area contributed by atoms with Crippen molar-refractivity contribution >= 4 is 23.6 Å². The molecule has 27 heavy (non-hydrogen) atoms. The first-order valence-corrected chi connectivity index (χ1v) is 8.68. The number of hydrogen-bond acceptors (Lipinski definition) is 5. The second-order valence-corrected chi connectivity index (χ2v) is 6.29. The quantitative estimate of drug-likeness (QED) is 0.582. The van der Waals surface area contributed by atoms with Gasteiger partial charge in [-0.1, -0.05) is 23.7 Å². The van der Waals surface area contributed by atoms with Gasteiger partial charge in [-0.3, -0.25) is 0 Å². The summed E-state index contributed by atoms with van der Waals surface area (Å²) in [6.45, 7) is 2.02. The molecule has 2 amide bonds. The fraction of sp³-hybridized carbons (Fsp3) is 0.263. The Labute approximate surface area is 161 Å². The molecule has 142 valence electrons. The van der Waals surface area contributed by atoms with E-state index in [0.29, 0.717) is 22.2 Å². The van der Waals surface area contributed by atoms with E-state index >= 15 is 0 Å². The van der Waals surface area contributed by atoms with E-state index in [2.05, 4.69) is 10.6 Å². The molecule has 0 radical (unpaired) electrons. The molecule has 0 saturated heterocycles. The summed E-state index contributed by atoms with van der Waals surface area (Å²) in [7, 11) is 1.52. The number of halogens is 1. The van der Waals surface area contributed by atoms with Crippen molar-refractivity contribution in [2.75, 3.05) is 20.3 Å². The monoisotopic (exact) mass is 390 g/mol. The summed E-state index contributed by atoms with van der Waals surface area (Å²) in [5.74, 6) is 0.378. The first kappa shape index (κ1) is 19.0. The molecule has 1 aromatic carbocycles. The van der Waals surface area contributed by atoms with Crippen LogP contribution in [0.3, 0.4) is 0 Å². The molecule has 0 aliphatic carbocycles. The van der Waals surface area contributed by atoms with Crippen LogP contribution < -0.4 is 10.6 Å². The molecule has 2 aromatic rings. The Bertz CT molecular complexity index is 890. The molecule has 0 bridgehead atoms. The Kier molecular flexibility index (Phi) is 5.83. The molecule has 2 N–H and O–H groups in total. The van der Waals surface area contributed by atoms with Crippen LogP contribution in [-0.4, -0.2) is 32.3 Å². The number of carbonyl (C=O) groups excluding carboxylic acids is 2. The molecule has 0 spiro atoms. The minimum atomic E-state index is -0.773. The lowest BCUT2D eigenvalue weighted by molar-refractivity contribution is -0.140. The summed E-state index contributed by atoms with van der Waals surface area (Å²) in [6.07, 6.45) is 0. The predicted octanol–water partition coefficient (Wildman–Crippen LogP) is 3.42.